The summed E-state index contributed by atoms with van der Waals surface area (Å²) in [6.45, 7) is 4.60. The number of hydrogen-bond acceptors (Lipinski definition) is 5. The maximum absolute atomic E-state index is 9.67. The first-order chi connectivity index (χ1) is 8.72. The van der Waals surface area contributed by atoms with Crippen molar-refractivity contribution in [3.8, 4) is 0 Å². The van der Waals surface area contributed by atoms with E-state index in [1.807, 2.05) is 6.92 Å². The third-order valence-corrected chi connectivity index (χ3v) is 3.99. The number of likely N-dealkylation sites (tertiary alicyclic amines) is 1. The lowest BCUT2D eigenvalue weighted by Crippen LogP contribution is -2.39. The quantitative estimate of drug-likeness (QED) is 0.879. The molecule has 0 aromatic carbocycles. The normalized spacial score (nSPS) is 27.3. The number of hydrogen-bond donors (Lipinski definition) is 1. The molecule has 5 nitrogen and oxygen atoms in total. The maximum atomic E-state index is 9.67. The fraction of sp³-hybridized carbons (Fsp3) is 0.846. The van der Waals surface area contributed by atoms with Crippen LogP contribution in [0.15, 0.2) is 4.42 Å². The van der Waals surface area contributed by atoms with Crippen molar-refractivity contribution in [1.29, 1.82) is 0 Å². The molecule has 1 saturated carbocycles. The van der Waals surface area contributed by atoms with Crippen molar-refractivity contribution in [3.63, 3.8) is 0 Å². The predicted molar refractivity (Wildman–Crippen MR) is 66.0 cm³/mol. The first kappa shape index (κ1) is 12.1. The Bertz CT molecular complexity index is 401. The fourth-order valence-corrected chi connectivity index (χ4v) is 2.65. The SMILES string of the molecule is C[C@H](O)[C@@H]1CCCN(Cc2nnc(C3CC3)o2)C1. The smallest absolute Gasteiger partial charge is 0.230 e. The number of aromatic nitrogens is 2. The largest absolute Gasteiger partial charge is 0.424 e. The number of aliphatic hydroxyl groups is 1. The van der Waals surface area contributed by atoms with E-state index >= 15 is 0 Å². The molecule has 0 unspecified atom stereocenters. The molecule has 100 valence electrons. The topological polar surface area (TPSA) is 62.4 Å². The summed E-state index contributed by atoms with van der Waals surface area (Å²) >= 11 is 0. The second-order valence-corrected chi connectivity index (χ2v) is 5.69. The van der Waals surface area contributed by atoms with Gasteiger partial charge in [-0.05, 0) is 45.1 Å². The molecule has 0 radical (unpaired) electrons. The molecule has 0 spiro atoms. The van der Waals surface area contributed by atoms with Gasteiger partial charge in [0.05, 0.1) is 12.6 Å². The van der Waals surface area contributed by atoms with E-state index in [2.05, 4.69) is 15.1 Å². The minimum Gasteiger partial charge on any atom is -0.424 e. The molecule has 2 atom stereocenters. The zero-order chi connectivity index (χ0) is 12.5. The summed E-state index contributed by atoms with van der Waals surface area (Å²) in [5.74, 6) is 2.44. The van der Waals surface area contributed by atoms with Gasteiger partial charge in [0, 0.05) is 12.5 Å². The highest BCUT2D eigenvalue weighted by molar-refractivity contribution is 5.00. The molecule has 2 aliphatic rings. The zero-order valence-electron chi connectivity index (χ0n) is 10.9. The molecule has 1 aromatic heterocycles. The molecule has 0 amide bonds. The Labute approximate surface area is 107 Å². The van der Waals surface area contributed by atoms with Crippen LogP contribution in [0.1, 0.15) is 50.3 Å². The van der Waals surface area contributed by atoms with E-state index in [0.717, 1.165) is 44.3 Å². The second-order valence-electron chi connectivity index (χ2n) is 5.69. The van der Waals surface area contributed by atoms with Crippen molar-refractivity contribution in [1.82, 2.24) is 15.1 Å². The second kappa shape index (κ2) is 4.97. The van der Waals surface area contributed by atoms with Crippen LogP contribution in [0.2, 0.25) is 0 Å². The summed E-state index contributed by atoms with van der Waals surface area (Å²) < 4.78 is 5.68. The lowest BCUT2D eigenvalue weighted by atomic mass is 9.93. The van der Waals surface area contributed by atoms with Crippen LogP contribution in [-0.2, 0) is 6.54 Å². The van der Waals surface area contributed by atoms with Gasteiger partial charge in [0.1, 0.15) is 0 Å². The van der Waals surface area contributed by atoms with Gasteiger partial charge in [-0.1, -0.05) is 0 Å². The van der Waals surface area contributed by atoms with Crippen LogP contribution in [-0.4, -0.2) is 39.4 Å². The molecule has 2 fully saturated rings. The summed E-state index contributed by atoms with van der Waals surface area (Å²) in [5, 5.41) is 17.9. The van der Waals surface area contributed by atoms with Gasteiger partial charge in [-0.15, -0.1) is 10.2 Å². The van der Waals surface area contributed by atoms with E-state index < -0.39 is 0 Å². The highest BCUT2D eigenvalue weighted by Gasteiger charge is 2.30. The zero-order valence-corrected chi connectivity index (χ0v) is 10.9. The third kappa shape index (κ3) is 2.72. The molecule has 18 heavy (non-hydrogen) atoms. The Morgan fingerprint density at radius 1 is 1.39 bits per heavy atom. The lowest BCUT2D eigenvalue weighted by Gasteiger charge is -2.33. The van der Waals surface area contributed by atoms with Crippen molar-refractivity contribution < 1.29 is 9.52 Å². The van der Waals surface area contributed by atoms with E-state index in [9.17, 15) is 5.11 Å². The molecular weight excluding hydrogens is 230 g/mol. The van der Waals surface area contributed by atoms with E-state index in [4.69, 9.17) is 4.42 Å². The third-order valence-electron chi connectivity index (χ3n) is 3.99. The van der Waals surface area contributed by atoms with Crippen LogP contribution in [0.3, 0.4) is 0 Å². The van der Waals surface area contributed by atoms with E-state index in [1.165, 1.54) is 12.8 Å². The first-order valence-corrected chi connectivity index (χ1v) is 6.95. The Morgan fingerprint density at radius 3 is 2.94 bits per heavy atom. The summed E-state index contributed by atoms with van der Waals surface area (Å²) in [6.07, 6.45) is 4.41. The molecule has 1 aromatic rings. The molecular formula is C13H21N3O2. The standard InChI is InChI=1S/C13H21N3O2/c1-9(17)11-3-2-6-16(7-11)8-12-14-15-13(18-12)10-4-5-10/h9-11,17H,2-8H2,1H3/t9-,11+/m0/s1. The number of piperidine rings is 1. The fourth-order valence-electron chi connectivity index (χ4n) is 2.65. The van der Waals surface area contributed by atoms with E-state index in [0.29, 0.717) is 11.8 Å². The molecule has 1 aliphatic heterocycles. The van der Waals surface area contributed by atoms with Crippen molar-refractivity contribution in [2.75, 3.05) is 13.1 Å². The minimum absolute atomic E-state index is 0.225. The van der Waals surface area contributed by atoms with E-state index in [-0.39, 0.29) is 6.10 Å². The highest BCUT2D eigenvalue weighted by Crippen LogP contribution is 2.39. The summed E-state index contributed by atoms with van der Waals surface area (Å²) in [4.78, 5) is 2.31. The van der Waals surface area contributed by atoms with Crippen LogP contribution in [0.5, 0.6) is 0 Å². The van der Waals surface area contributed by atoms with Gasteiger partial charge in [0.25, 0.3) is 0 Å². The van der Waals surface area contributed by atoms with Crippen LogP contribution in [0.4, 0.5) is 0 Å². The van der Waals surface area contributed by atoms with Crippen LogP contribution >= 0.6 is 0 Å². The monoisotopic (exact) mass is 251 g/mol. The van der Waals surface area contributed by atoms with Gasteiger partial charge in [-0.3, -0.25) is 4.90 Å². The molecule has 1 N–H and O–H groups in total. The van der Waals surface area contributed by atoms with Gasteiger partial charge in [-0.2, -0.15) is 0 Å². The van der Waals surface area contributed by atoms with Crippen LogP contribution in [0.25, 0.3) is 0 Å². The Hall–Kier alpha value is -0.940. The van der Waals surface area contributed by atoms with E-state index in [1.54, 1.807) is 0 Å². The molecule has 0 bridgehead atoms. The molecule has 1 saturated heterocycles. The van der Waals surface area contributed by atoms with Crippen molar-refractivity contribution in [2.24, 2.45) is 5.92 Å². The highest BCUT2D eigenvalue weighted by atomic mass is 16.4. The van der Waals surface area contributed by atoms with Gasteiger partial charge in [-0.25, -0.2) is 0 Å². The minimum atomic E-state index is -0.225. The molecule has 3 rings (SSSR count). The van der Waals surface area contributed by atoms with Gasteiger partial charge in [0.2, 0.25) is 11.8 Å². The predicted octanol–water partition coefficient (Wildman–Crippen LogP) is 1.54. The van der Waals surface area contributed by atoms with Crippen molar-refractivity contribution in [2.45, 2.75) is 51.2 Å². The first-order valence-electron chi connectivity index (χ1n) is 6.95. The maximum Gasteiger partial charge on any atom is 0.230 e. The van der Waals surface area contributed by atoms with Crippen molar-refractivity contribution >= 4 is 0 Å². The lowest BCUT2D eigenvalue weighted by molar-refractivity contribution is 0.0563. The average Bonchev–Trinajstić information content (AvgIpc) is 3.11. The van der Waals surface area contributed by atoms with Gasteiger partial charge in [0.15, 0.2) is 0 Å². The molecule has 5 heteroatoms. The summed E-state index contributed by atoms with van der Waals surface area (Å²) in [7, 11) is 0. The van der Waals surface area contributed by atoms with Crippen molar-refractivity contribution in [3.05, 3.63) is 11.8 Å². The molecule has 1 aliphatic carbocycles. The van der Waals surface area contributed by atoms with Crippen LogP contribution < -0.4 is 0 Å². The number of nitrogens with zero attached hydrogens (tertiary/aromatic N) is 3. The number of rotatable bonds is 4. The van der Waals surface area contributed by atoms with Gasteiger partial charge >= 0.3 is 0 Å². The Balaban J connectivity index is 1.57. The van der Waals surface area contributed by atoms with Gasteiger partial charge < -0.3 is 9.52 Å². The summed E-state index contributed by atoms with van der Waals surface area (Å²) in [6, 6.07) is 0. The Kier molecular flexibility index (Phi) is 3.35. The average molecular weight is 251 g/mol. The van der Waals surface area contributed by atoms with Crippen LogP contribution in [0, 0.1) is 5.92 Å². The number of aliphatic hydroxyl groups excluding tert-OH is 1. The summed E-state index contributed by atoms with van der Waals surface area (Å²) in [5.41, 5.74) is 0. The Morgan fingerprint density at radius 2 is 2.22 bits per heavy atom. The molecule has 2 heterocycles.